The first-order valence-corrected chi connectivity index (χ1v) is 10.8. The van der Waals surface area contributed by atoms with Gasteiger partial charge in [-0.15, -0.1) is 0 Å². The first kappa shape index (κ1) is 21.8. The molecule has 0 amide bonds. The van der Waals surface area contributed by atoms with Crippen molar-refractivity contribution in [2.75, 3.05) is 0 Å². The summed E-state index contributed by atoms with van der Waals surface area (Å²) in [5.41, 5.74) is 10.4. The Labute approximate surface area is 180 Å². The fourth-order valence-electron chi connectivity index (χ4n) is 4.02. The molecule has 3 rings (SSSR count). The first-order valence-electron chi connectivity index (χ1n) is 10.8. The van der Waals surface area contributed by atoms with Crippen molar-refractivity contribution in [3.63, 3.8) is 0 Å². The Morgan fingerprint density at radius 3 is 2.30 bits per heavy atom. The highest BCUT2D eigenvalue weighted by Crippen LogP contribution is 2.35. The average molecular weight is 399 g/mol. The molecular formula is C29H31F. The molecule has 0 heterocycles. The summed E-state index contributed by atoms with van der Waals surface area (Å²) < 4.78 is 14.5. The van der Waals surface area contributed by atoms with Crippen molar-refractivity contribution in [2.24, 2.45) is 0 Å². The molecule has 0 aliphatic rings. The second-order valence-electron chi connectivity index (χ2n) is 7.89. The van der Waals surface area contributed by atoms with Crippen molar-refractivity contribution in [3.05, 3.63) is 124 Å². The fourth-order valence-corrected chi connectivity index (χ4v) is 4.02. The van der Waals surface area contributed by atoms with Crippen molar-refractivity contribution in [1.82, 2.24) is 0 Å². The SMILES string of the molecule is C=C/C(Cc1ccccc1F)=C(/c1cc(CC)ccc1C)c1ccc(C)cc1CC. The van der Waals surface area contributed by atoms with Crippen LogP contribution in [0.3, 0.4) is 0 Å². The zero-order valence-corrected chi connectivity index (χ0v) is 18.6. The van der Waals surface area contributed by atoms with Gasteiger partial charge in [-0.1, -0.05) is 86.7 Å². The lowest BCUT2D eigenvalue weighted by Crippen LogP contribution is -2.03. The lowest BCUT2D eigenvalue weighted by Gasteiger charge is -2.20. The van der Waals surface area contributed by atoms with Gasteiger partial charge >= 0.3 is 0 Å². The molecule has 0 saturated heterocycles. The molecule has 0 N–H and O–H groups in total. The van der Waals surface area contributed by atoms with Crippen molar-refractivity contribution >= 4 is 5.57 Å². The molecule has 0 unspecified atom stereocenters. The molecule has 3 aromatic rings. The second-order valence-corrected chi connectivity index (χ2v) is 7.89. The van der Waals surface area contributed by atoms with E-state index in [2.05, 4.69) is 70.7 Å². The van der Waals surface area contributed by atoms with Crippen molar-refractivity contribution in [2.45, 2.75) is 47.0 Å². The zero-order chi connectivity index (χ0) is 21.7. The van der Waals surface area contributed by atoms with Crippen molar-refractivity contribution < 1.29 is 4.39 Å². The molecule has 30 heavy (non-hydrogen) atoms. The summed E-state index contributed by atoms with van der Waals surface area (Å²) in [6.07, 6.45) is 4.33. The van der Waals surface area contributed by atoms with Gasteiger partial charge in [-0.3, -0.25) is 0 Å². The Kier molecular flexibility index (Phi) is 7.05. The highest BCUT2D eigenvalue weighted by Gasteiger charge is 2.17. The van der Waals surface area contributed by atoms with E-state index in [0.29, 0.717) is 12.0 Å². The molecule has 0 aliphatic carbocycles. The number of allylic oxidation sites excluding steroid dienone is 2. The van der Waals surface area contributed by atoms with Crippen LogP contribution in [0.4, 0.5) is 4.39 Å². The molecule has 0 saturated carbocycles. The second kappa shape index (κ2) is 9.71. The molecule has 0 aromatic heterocycles. The van der Waals surface area contributed by atoms with Crippen LogP contribution in [0.25, 0.3) is 5.57 Å². The van der Waals surface area contributed by atoms with Gasteiger partial charge in [-0.05, 0) is 77.3 Å². The topological polar surface area (TPSA) is 0 Å². The van der Waals surface area contributed by atoms with Gasteiger partial charge in [0.1, 0.15) is 5.82 Å². The maximum Gasteiger partial charge on any atom is 0.126 e. The molecule has 0 aliphatic heterocycles. The number of halogens is 1. The number of rotatable bonds is 7. The van der Waals surface area contributed by atoms with E-state index in [9.17, 15) is 4.39 Å². The molecule has 0 bridgehead atoms. The van der Waals surface area contributed by atoms with Crippen LogP contribution in [-0.4, -0.2) is 0 Å². The van der Waals surface area contributed by atoms with E-state index in [-0.39, 0.29) is 5.82 Å². The van der Waals surface area contributed by atoms with Crippen molar-refractivity contribution in [3.8, 4) is 0 Å². The van der Waals surface area contributed by atoms with Gasteiger partial charge in [0.15, 0.2) is 0 Å². The Morgan fingerprint density at radius 1 is 0.867 bits per heavy atom. The Hall–Kier alpha value is -2.93. The molecule has 0 fully saturated rings. The maximum absolute atomic E-state index is 14.5. The van der Waals surface area contributed by atoms with Crippen LogP contribution in [-0.2, 0) is 19.3 Å². The quantitative estimate of drug-likeness (QED) is 0.356. The molecular weight excluding hydrogens is 367 g/mol. The standard InChI is InChI=1S/C29H31F/c1-6-22-15-14-21(5)27(18-22)29(26-16-13-20(4)17-23(26)7-2)24(8-3)19-25-11-9-10-12-28(25)30/h8-18H,3,6-7,19H2,1-2,4-5H3/b29-24-. The molecule has 3 aromatic carbocycles. The van der Waals surface area contributed by atoms with E-state index in [0.717, 1.165) is 24.0 Å². The Balaban J connectivity index is 2.33. The van der Waals surface area contributed by atoms with Crippen LogP contribution in [0.5, 0.6) is 0 Å². The third-order valence-electron chi connectivity index (χ3n) is 5.80. The van der Waals surface area contributed by atoms with Crippen LogP contribution in [0.1, 0.15) is 52.8 Å². The van der Waals surface area contributed by atoms with E-state index in [1.165, 1.54) is 39.4 Å². The molecule has 0 spiro atoms. The van der Waals surface area contributed by atoms with Crippen LogP contribution in [0.2, 0.25) is 0 Å². The van der Waals surface area contributed by atoms with Gasteiger partial charge < -0.3 is 0 Å². The summed E-state index contributed by atoms with van der Waals surface area (Å²) in [4.78, 5) is 0. The zero-order valence-electron chi connectivity index (χ0n) is 18.6. The van der Waals surface area contributed by atoms with E-state index in [4.69, 9.17) is 0 Å². The van der Waals surface area contributed by atoms with E-state index in [1.807, 2.05) is 18.2 Å². The smallest absolute Gasteiger partial charge is 0.126 e. The number of hydrogen-bond acceptors (Lipinski definition) is 0. The largest absolute Gasteiger partial charge is 0.207 e. The van der Waals surface area contributed by atoms with Crippen LogP contribution in [0.15, 0.2) is 78.9 Å². The van der Waals surface area contributed by atoms with E-state index < -0.39 is 0 Å². The first-order chi connectivity index (χ1) is 14.5. The Bertz CT molecular complexity index is 1090. The molecule has 1 heteroatoms. The number of benzene rings is 3. The minimum absolute atomic E-state index is 0.171. The maximum atomic E-state index is 14.5. The number of aryl methyl sites for hydroxylation is 4. The summed E-state index contributed by atoms with van der Waals surface area (Å²) in [6.45, 7) is 12.8. The highest BCUT2D eigenvalue weighted by molar-refractivity contribution is 5.87. The predicted molar refractivity (Wildman–Crippen MR) is 127 cm³/mol. The van der Waals surface area contributed by atoms with Crippen molar-refractivity contribution in [1.29, 1.82) is 0 Å². The average Bonchev–Trinajstić information content (AvgIpc) is 2.76. The fraction of sp³-hybridized carbons (Fsp3) is 0.241. The Morgan fingerprint density at radius 2 is 1.63 bits per heavy atom. The highest BCUT2D eigenvalue weighted by atomic mass is 19.1. The summed E-state index contributed by atoms with van der Waals surface area (Å²) in [6, 6.07) is 20.3. The van der Waals surface area contributed by atoms with Crippen LogP contribution >= 0.6 is 0 Å². The normalized spacial score (nSPS) is 11.9. The summed E-state index contributed by atoms with van der Waals surface area (Å²) in [7, 11) is 0. The van der Waals surface area contributed by atoms with Gasteiger partial charge in [-0.2, -0.15) is 0 Å². The van der Waals surface area contributed by atoms with E-state index >= 15 is 0 Å². The predicted octanol–water partition coefficient (Wildman–Crippen LogP) is 7.80. The summed E-state index contributed by atoms with van der Waals surface area (Å²) in [5.74, 6) is -0.171. The van der Waals surface area contributed by atoms with Gasteiger partial charge in [0, 0.05) is 6.42 Å². The molecule has 0 nitrogen and oxygen atoms in total. The lowest BCUT2D eigenvalue weighted by molar-refractivity contribution is 0.614. The van der Waals surface area contributed by atoms with Gasteiger partial charge in [0.25, 0.3) is 0 Å². The van der Waals surface area contributed by atoms with Gasteiger partial charge in [0.05, 0.1) is 0 Å². The third kappa shape index (κ3) is 4.62. The molecule has 0 atom stereocenters. The van der Waals surface area contributed by atoms with Crippen LogP contribution in [0, 0.1) is 19.7 Å². The minimum atomic E-state index is -0.171. The summed E-state index contributed by atoms with van der Waals surface area (Å²) >= 11 is 0. The van der Waals surface area contributed by atoms with E-state index in [1.54, 1.807) is 6.07 Å². The monoisotopic (exact) mass is 398 g/mol. The number of hydrogen-bond donors (Lipinski definition) is 0. The third-order valence-corrected chi connectivity index (χ3v) is 5.80. The summed E-state index contributed by atoms with van der Waals surface area (Å²) in [5, 5.41) is 0. The van der Waals surface area contributed by atoms with Gasteiger partial charge in [-0.25, -0.2) is 4.39 Å². The minimum Gasteiger partial charge on any atom is -0.207 e. The lowest BCUT2D eigenvalue weighted by atomic mass is 9.84. The van der Waals surface area contributed by atoms with Gasteiger partial charge in [0.2, 0.25) is 0 Å². The molecule has 0 radical (unpaired) electrons. The van der Waals surface area contributed by atoms with Crippen LogP contribution < -0.4 is 0 Å². The molecule has 154 valence electrons.